The molecular formula is C25H49BrO2. The summed E-state index contributed by atoms with van der Waals surface area (Å²) in [7, 11) is 0. The number of esters is 1. The van der Waals surface area contributed by atoms with Gasteiger partial charge < -0.3 is 4.74 Å². The molecule has 0 saturated heterocycles. The molecule has 0 bridgehead atoms. The molecule has 0 aromatic carbocycles. The summed E-state index contributed by atoms with van der Waals surface area (Å²) in [6.45, 7) is 5.12. The van der Waals surface area contributed by atoms with Gasteiger partial charge in [-0.25, -0.2) is 0 Å². The summed E-state index contributed by atoms with van der Waals surface area (Å²) in [5.41, 5.74) is 0. The van der Waals surface area contributed by atoms with E-state index in [1.54, 1.807) is 0 Å². The van der Waals surface area contributed by atoms with Gasteiger partial charge >= 0.3 is 5.97 Å². The van der Waals surface area contributed by atoms with E-state index in [0.717, 1.165) is 24.6 Å². The predicted molar refractivity (Wildman–Crippen MR) is 127 cm³/mol. The first kappa shape index (κ1) is 27.9. The first-order chi connectivity index (χ1) is 13.8. The molecule has 1 unspecified atom stereocenters. The quantitative estimate of drug-likeness (QED) is 0.0913. The summed E-state index contributed by atoms with van der Waals surface area (Å²) in [6.07, 6.45) is 23.6. The fourth-order valence-corrected chi connectivity index (χ4v) is 4.14. The maximum absolute atomic E-state index is 12.6. The lowest BCUT2D eigenvalue weighted by atomic mass is 9.94. The highest BCUT2D eigenvalue weighted by atomic mass is 79.9. The Bertz CT molecular complexity index is 320. The smallest absolute Gasteiger partial charge is 0.308 e. The highest BCUT2D eigenvalue weighted by Crippen LogP contribution is 2.20. The molecule has 0 aromatic rings. The van der Waals surface area contributed by atoms with Crippen LogP contribution in [0.4, 0.5) is 0 Å². The summed E-state index contributed by atoms with van der Waals surface area (Å²) in [5, 5.41) is 1.13. The molecule has 1 atom stereocenters. The van der Waals surface area contributed by atoms with E-state index >= 15 is 0 Å². The number of carbonyl (C=O) groups is 1. The van der Waals surface area contributed by atoms with E-state index in [1.165, 1.54) is 103 Å². The number of unbranched alkanes of at least 4 members (excludes halogenated alkanes) is 14. The monoisotopic (exact) mass is 460 g/mol. The molecule has 0 heterocycles. The number of ether oxygens (including phenoxy) is 1. The second-order valence-electron chi connectivity index (χ2n) is 8.43. The van der Waals surface area contributed by atoms with Crippen LogP contribution in [0.2, 0.25) is 0 Å². The summed E-state index contributed by atoms with van der Waals surface area (Å²) in [6, 6.07) is 0. The molecule has 168 valence electrons. The Morgan fingerprint density at radius 3 is 1.61 bits per heavy atom. The van der Waals surface area contributed by atoms with Gasteiger partial charge in [-0.1, -0.05) is 126 Å². The van der Waals surface area contributed by atoms with Crippen LogP contribution in [0, 0.1) is 5.92 Å². The third kappa shape index (κ3) is 19.3. The molecule has 0 amide bonds. The number of alkyl halides is 1. The number of hydrogen-bond donors (Lipinski definition) is 0. The number of rotatable bonds is 22. The van der Waals surface area contributed by atoms with Crippen molar-refractivity contribution < 1.29 is 9.53 Å². The summed E-state index contributed by atoms with van der Waals surface area (Å²) >= 11 is 3.48. The van der Waals surface area contributed by atoms with Crippen molar-refractivity contribution in [3.8, 4) is 0 Å². The predicted octanol–water partition coefficient (Wildman–Crippen LogP) is 8.99. The molecule has 0 fully saturated rings. The Morgan fingerprint density at radius 2 is 1.07 bits per heavy atom. The Morgan fingerprint density at radius 1 is 0.643 bits per heavy atom. The molecule has 0 aliphatic heterocycles. The molecule has 0 saturated carbocycles. The second kappa shape index (κ2) is 23.2. The van der Waals surface area contributed by atoms with Crippen LogP contribution < -0.4 is 0 Å². The Hall–Kier alpha value is -0.0500. The van der Waals surface area contributed by atoms with E-state index in [4.69, 9.17) is 4.74 Å². The van der Waals surface area contributed by atoms with E-state index in [1.807, 2.05) is 0 Å². The molecule has 0 aliphatic rings. The Labute approximate surface area is 185 Å². The van der Waals surface area contributed by atoms with Gasteiger partial charge in [-0.05, 0) is 25.7 Å². The topological polar surface area (TPSA) is 26.3 Å². The first-order valence-corrected chi connectivity index (χ1v) is 13.6. The normalized spacial score (nSPS) is 12.2. The maximum Gasteiger partial charge on any atom is 0.308 e. The standard InChI is InChI=1S/C25H49BrO2/c1-3-5-7-9-13-17-21-24(20-16-8-6-4-2)25(27)28-23-19-15-12-10-11-14-18-22-26/h24H,3-23H2,1-2H3. The lowest BCUT2D eigenvalue weighted by Gasteiger charge is -2.16. The van der Waals surface area contributed by atoms with Gasteiger partial charge in [0.1, 0.15) is 0 Å². The van der Waals surface area contributed by atoms with Crippen LogP contribution in [-0.4, -0.2) is 17.9 Å². The average Bonchev–Trinajstić information content (AvgIpc) is 2.70. The number of halogens is 1. The fourth-order valence-electron chi connectivity index (χ4n) is 3.74. The first-order valence-electron chi connectivity index (χ1n) is 12.5. The van der Waals surface area contributed by atoms with Crippen molar-refractivity contribution in [2.75, 3.05) is 11.9 Å². The van der Waals surface area contributed by atoms with E-state index in [-0.39, 0.29) is 11.9 Å². The molecule has 28 heavy (non-hydrogen) atoms. The SMILES string of the molecule is CCCCCCCCC(CCCCCC)C(=O)OCCCCCCCCCBr. The summed E-state index contributed by atoms with van der Waals surface area (Å²) in [5.74, 6) is 0.231. The van der Waals surface area contributed by atoms with Crippen molar-refractivity contribution in [3.63, 3.8) is 0 Å². The van der Waals surface area contributed by atoms with Gasteiger partial charge in [-0.3, -0.25) is 4.79 Å². The van der Waals surface area contributed by atoms with Gasteiger partial charge in [-0.2, -0.15) is 0 Å². The van der Waals surface area contributed by atoms with Crippen LogP contribution in [0.1, 0.15) is 136 Å². The second-order valence-corrected chi connectivity index (χ2v) is 9.23. The van der Waals surface area contributed by atoms with Crippen molar-refractivity contribution in [2.45, 2.75) is 136 Å². The lowest BCUT2D eigenvalue weighted by Crippen LogP contribution is -2.18. The van der Waals surface area contributed by atoms with Gasteiger partial charge in [0.15, 0.2) is 0 Å². The van der Waals surface area contributed by atoms with Crippen molar-refractivity contribution in [2.24, 2.45) is 5.92 Å². The van der Waals surface area contributed by atoms with Crippen LogP contribution in [-0.2, 0) is 9.53 Å². The third-order valence-corrected chi connectivity index (χ3v) is 6.23. The average molecular weight is 462 g/mol. The van der Waals surface area contributed by atoms with Crippen molar-refractivity contribution in [1.29, 1.82) is 0 Å². The molecule has 3 heteroatoms. The van der Waals surface area contributed by atoms with Crippen LogP contribution in [0.5, 0.6) is 0 Å². The molecule has 0 spiro atoms. The molecule has 0 aliphatic carbocycles. The molecule has 0 aromatic heterocycles. The van der Waals surface area contributed by atoms with Crippen molar-refractivity contribution >= 4 is 21.9 Å². The van der Waals surface area contributed by atoms with Gasteiger partial charge in [0.05, 0.1) is 12.5 Å². The zero-order chi connectivity index (χ0) is 20.7. The van der Waals surface area contributed by atoms with Gasteiger partial charge in [0.25, 0.3) is 0 Å². The van der Waals surface area contributed by atoms with Crippen molar-refractivity contribution in [3.05, 3.63) is 0 Å². The fraction of sp³-hybridized carbons (Fsp3) is 0.960. The zero-order valence-electron chi connectivity index (χ0n) is 19.1. The zero-order valence-corrected chi connectivity index (χ0v) is 20.7. The lowest BCUT2D eigenvalue weighted by molar-refractivity contribution is -0.149. The van der Waals surface area contributed by atoms with E-state index in [9.17, 15) is 4.79 Å². The third-order valence-electron chi connectivity index (χ3n) is 5.67. The van der Waals surface area contributed by atoms with E-state index in [2.05, 4.69) is 29.8 Å². The highest BCUT2D eigenvalue weighted by Gasteiger charge is 2.19. The Balaban J connectivity index is 3.90. The van der Waals surface area contributed by atoms with E-state index in [0.29, 0.717) is 6.61 Å². The number of carbonyl (C=O) groups excluding carboxylic acids is 1. The van der Waals surface area contributed by atoms with Crippen LogP contribution in [0.15, 0.2) is 0 Å². The molecule has 0 rings (SSSR count). The highest BCUT2D eigenvalue weighted by molar-refractivity contribution is 9.09. The van der Waals surface area contributed by atoms with Gasteiger partial charge in [-0.15, -0.1) is 0 Å². The molecular weight excluding hydrogens is 412 g/mol. The van der Waals surface area contributed by atoms with Crippen LogP contribution in [0.3, 0.4) is 0 Å². The summed E-state index contributed by atoms with van der Waals surface area (Å²) < 4.78 is 5.66. The van der Waals surface area contributed by atoms with Crippen LogP contribution >= 0.6 is 15.9 Å². The number of hydrogen-bond acceptors (Lipinski definition) is 2. The molecule has 2 nitrogen and oxygen atoms in total. The molecule has 0 radical (unpaired) electrons. The van der Waals surface area contributed by atoms with E-state index < -0.39 is 0 Å². The maximum atomic E-state index is 12.6. The minimum absolute atomic E-state index is 0.0855. The van der Waals surface area contributed by atoms with Gasteiger partial charge in [0, 0.05) is 5.33 Å². The minimum Gasteiger partial charge on any atom is -0.465 e. The minimum atomic E-state index is 0.0855. The Kier molecular flexibility index (Phi) is 23.2. The van der Waals surface area contributed by atoms with Gasteiger partial charge in [0.2, 0.25) is 0 Å². The van der Waals surface area contributed by atoms with Crippen molar-refractivity contribution in [1.82, 2.24) is 0 Å². The molecule has 0 N–H and O–H groups in total. The summed E-state index contributed by atoms with van der Waals surface area (Å²) in [4.78, 5) is 12.6. The van der Waals surface area contributed by atoms with Crippen LogP contribution in [0.25, 0.3) is 0 Å². The largest absolute Gasteiger partial charge is 0.465 e.